The average Bonchev–Trinajstić information content (AvgIpc) is 2.97. The molecule has 5 nitrogen and oxygen atoms in total. The van der Waals surface area contributed by atoms with Crippen LogP contribution in [0.5, 0.6) is 0 Å². The number of esters is 1. The Bertz CT molecular complexity index is 902. The number of rotatable bonds is 3. The summed E-state index contributed by atoms with van der Waals surface area (Å²) in [5.41, 5.74) is 2.18. The maximum atomic E-state index is 12.5. The van der Waals surface area contributed by atoms with Gasteiger partial charge in [0, 0.05) is 27.8 Å². The van der Waals surface area contributed by atoms with Gasteiger partial charge in [0.2, 0.25) is 0 Å². The van der Waals surface area contributed by atoms with Crippen molar-refractivity contribution in [1.82, 2.24) is 4.98 Å². The molecule has 1 heterocycles. The fourth-order valence-corrected chi connectivity index (χ4v) is 2.49. The molecule has 0 saturated carbocycles. The van der Waals surface area contributed by atoms with Crippen LogP contribution in [0.4, 0.5) is 5.69 Å². The van der Waals surface area contributed by atoms with Crippen LogP contribution in [0.1, 0.15) is 20.7 Å². The number of amides is 1. The van der Waals surface area contributed by atoms with Gasteiger partial charge in [0.15, 0.2) is 0 Å². The number of nitrogens with one attached hydrogen (secondary N) is 2. The minimum Gasteiger partial charge on any atom is -0.465 e. The van der Waals surface area contributed by atoms with Crippen molar-refractivity contribution in [3.05, 3.63) is 64.8 Å². The fourth-order valence-electron chi connectivity index (χ4n) is 2.32. The van der Waals surface area contributed by atoms with Gasteiger partial charge >= 0.3 is 5.97 Å². The van der Waals surface area contributed by atoms with Crippen LogP contribution in [-0.2, 0) is 4.74 Å². The minimum absolute atomic E-state index is 0.291. The Morgan fingerprint density at radius 1 is 1.17 bits per heavy atom. The van der Waals surface area contributed by atoms with Crippen molar-refractivity contribution in [1.29, 1.82) is 0 Å². The molecule has 1 amide bonds. The zero-order valence-electron chi connectivity index (χ0n) is 12.2. The third-order valence-corrected chi connectivity index (χ3v) is 3.67. The average molecular weight is 329 g/mol. The van der Waals surface area contributed by atoms with Crippen LogP contribution in [0.3, 0.4) is 0 Å². The number of fused-ring (bicyclic) bond motifs is 1. The lowest BCUT2D eigenvalue weighted by atomic mass is 10.1. The van der Waals surface area contributed by atoms with E-state index >= 15 is 0 Å². The zero-order valence-corrected chi connectivity index (χ0v) is 13.0. The highest BCUT2D eigenvalue weighted by Crippen LogP contribution is 2.23. The van der Waals surface area contributed by atoms with E-state index in [1.807, 2.05) is 6.07 Å². The molecule has 0 aliphatic heterocycles. The van der Waals surface area contributed by atoms with E-state index in [0.29, 0.717) is 21.8 Å². The van der Waals surface area contributed by atoms with Crippen molar-refractivity contribution in [2.24, 2.45) is 0 Å². The van der Waals surface area contributed by atoms with Gasteiger partial charge < -0.3 is 15.0 Å². The molecule has 3 aromatic rings. The van der Waals surface area contributed by atoms with Crippen LogP contribution in [0, 0.1) is 0 Å². The number of H-pyrrole nitrogens is 1. The van der Waals surface area contributed by atoms with Crippen LogP contribution in [0.25, 0.3) is 10.9 Å². The third-order valence-electron chi connectivity index (χ3n) is 3.43. The van der Waals surface area contributed by atoms with Crippen LogP contribution < -0.4 is 5.32 Å². The second-order valence-electron chi connectivity index (χ2n) is 4.92. The van der Waals surface area contributed by atoms with E-state index in [9.17, 15) is 9.59 Å². The van der Waals surface area contributed by atoms with E-state index in [1.165, 1.54) is 7.11 Å². The lowest BCUT2D eigenvalue weighted by Gasteiger charge is -2.06. The predicted molar refractivity (Wildman–Crippen MR) is 89.0 cm³/mol. The SMILES string of the molecule is COC(=O)c1cccc(NC(=O)c2c[nH]c3ccc(Cl)cc23)c1. The summed E-state index contributed by atoms with van der Waals surface area (Å²) in [7, 11) is 1.31. The molecular weight excluding hydrogens is 316 g/mol. The number of carbonyl (C=O) groups excluding carboxylic acids is 2. The highest BCUT2D eigenvalue weighted by molar-refractivity contribution is 6.31. The van der Waals surface area contributed by atoms with Gasteiger partial charge in [-0.3, -0.25) is 4.79 Å². The van der Waals surface area contributed by atoms with Gasteiger partial charge in [0.1, 0.15) is 0 Å². The van der Waals surface area contributed by atoms with Crippen LogP contribution >= 0.6 is 11.6 Å². The first-order valence-electron chi connectivity index (χ1n) is 6.85. The monoisotopic (exact) mass is 328 g/mol. The van der Waals surface area contributed by atoms with Crippen LogP contribution in [0.2, 0.25) is 5.02 Å². The molecule has 116 valence electrons. The first-order valence-corrected chi connectivity index (χ1v) is 7.22. The van der Waals surface area contributed by atoms with Crippen LogP contribution in [0.15, 0.2) is 48.7 Å². The predicted octanol–water partition coefficient (Wildman–Crippen LogP) is 3.86. The number of halogens is 1. The summed E-state index contributed by atoms with van der Waals surface area (Å²) in [6.45, 7) is 0. The molecule has 0 atom stereocenters. The molecule has 2 N–H and O–H groups in total. The van der Waals surface area contributed by atoms with Crippen LogP contribution in [-0.4, -0.2) is 24.0 Å². The number of ether oxygens (including phenoxy) is 1. The molecule has 2 aromatic carbocycles. The summed E-state index contributed by atoms with van der Waals surface area (Å²) < 4.78 is 4.67. The summed E-state index contributed by atoms with van der Waals surface area (Å²) in [5, 5.41) is 4.06. The topological polar surface area (TPSA) is 71.2 Å². The van der Waals surface area contributed by atoms with E-state index < -0.39 is 5.97 Å². The Balaban J connectivity index is 1.89. The van der Waals surface area contributed by atoms with E-state index in [4.69, 9.17) is 11.6 Å². The minimum atomic E-state index is -0.458. The van der Waals surface area contributed by atoms with Crippen molar-refractivity contribution >= 4 is 40.1 Å². The molecule has 0 fully saturated rings. The molecular formula is C17H13ClN2O3. The maximum Gasteiger partial charge on any atom is 0.337 e. The molecule has 23 heavy (non-hydrogen) atoms. The first kappa shape index (κ1) is 15.1. The molecule has 0 unspecified atom stereocenters. The number of hydrogen-bond acceptors (Lipinski definition) is 3. The highest BCUT2D eigenvalue weighted by atomic mass is 35.5. The van der Waals surface area contributed by atoms with Gasteiger partial charge in [-0.1, -0.05) is 17.7 Å². The lowest BCUT2D eigenvalue weighted by molar-refractivity contribution is 0.0600. The highest BCUT2D eigenvalue weighted by Gasteiger charge is 2.13. The normalized spacial score (nSPS) is 10.5. The second kappa shape index (κ2) is 6.14. The summed E-state index contributed by atoms with van der Waals surface area (Å²) in [4.78, 5) is 27.0. The van der Waals surface area contributed by atoms with E-state index in [-0.39, 0.29) is 5.91 Å². The lowest BCUT2D eigenvalue weighted by Crippen LogP contribution is -2.12. The number of benzene rings is 2. The van der Waals surface area contributed by atoms with Crippen molar-refractivity contribution < 1.29 is 14.3 Å². The molecule has 0 aliphatic rings. The quantitative estimate of drug-likeness (QED) is 0.717. The van der Waals surface area contributed by atoms with Gasteiger partial charge in [-0.2, -0.15) is 0 Å². The Morgan fingerprint density at radius 2 is 2.00 bits per heavy atom. The molecule has 6 heteroatoms. The molecule has 0 bridgehead atoms. The van der Waals surface area contributed by atoms with Gasteiger partial charge in [-0.05, 0) is 36.4 Å². The number of aromatic amines is 1. The molecule has 0 saturated heterocycles. The molecule has 3 rings (SSSR count). The number of carbonyl (C=O) groups is 2. The summed E-state index contributed by atoms with van der Waals surface area (Å²) in [6, 6.07) is 11.8. The van der Waals surface area contributed by atoms with E-state index in [2.05, 4.69) is 15.0 Å². The summed E-state index contributed by atoms with van der Waals surface area (Å²) in [5.74, 6) is -0.750. The molecule has 1 aromatic heterocycles. The Hall–Kier alpha value is -2.79. The third kappa shape index (κ3) is 3.05. The largest absolute Gasteiger partial charge is 0.465 e. The van der Waals surface area contributed by atoms with E-state index in [1.54, 1.807) is 42.6 Å². The Labute approximate surface area is 137 Å². The number of aromatic nitrogens is 1. The van der Waals surface area contributed by atoms with Crippen molar-refractivity contribution in [3.8, 4) is 0 Å². The number of anilines is 1. The Morgan fingerprint density at radius 3 is 2.78 bits per heavy atom. The van der Waals surface area contributed by atoms with Crippen molar-refractivity contribution in [2.45, 2.75) is 0 Å². The fraction of sp³-hybridized carbons (Fsp3) is 0.0588. The van der Waals surface area contributed by atoms with Gasteiger partial charge in [0.25, 0.3) is 5.91 Å². The number of hydrogen-bond donors (Lipinski definition) is 2. The first-order chi connectivity index (χ1) is 11.1. The van der Waals surface area contributed by atoms with Crippen molar-refractivity contribution in [3.63, 3.8) is 0 Å². The van der Waals surface area contributed by atoms with Crippen molar-refractivity contribution in [2.75, 3.05) is 12.4 Å². The zero-order chi connectivity index (χ0) is 16.4. The smallest absolute Gasteiger partial charge is 0.337 e. The molecule has 0 spiro atoms. The molecule has 0 radical (unpaired) electrons. The Kier molecular flexibility index (Phi) is 4.04. The van der Waals surface area contributed by atoms with E-state index in [0.717, 1.165) is 10.9 Å². The van der Waals surface area contributed by atoms with Gasteiger partial charge in [0.05, 0.1) is 18.2 Å². The van der Waals surface area contributed by atoms with Gasteiger partial charge in [-0.15, -0.1) is 0 Å². The second-order valence-corrected chi connectivity index (χ2v) is 5.36. The summed E-state index contributed by atoms with van der Waals surface area (Å²) >= 11 is 5.99. The standard InChI is InChI=1S/C17H13ClN2O3/c1-23-17(22)10-3-2-4-12(7-10)20-16(21)14-9-19-15-6-5-11(18)8-13(14)15/h2-9,19H,1H3,(H,20,21). The summed E-state index contributed by atoms with van der Waals surface area (Å²) in [6.07, 6.45) is 1.63. The number of methoxy groups -OCH3 is 1. The van der Waals surface area contributed by atoms with Gasteiger partial charge in [-0.25, -0.2) is 4.79 Å². The molecule has 0 aliphatic carbocycles. The maximum absolute atomic E-state index is 12.5.